The average Bonchev–Trinajstić information content (AvgIpc) is 2.49. The molecule has 2 N–H and O–H groups in total. The second-order valence-electron chi connectivity index (χ2n) is 4.82. The van der Waals surface area contributed by atoms with Crippen LogP contribution >= 0.6 is 23.2 Å². The lowest BCUT2D eigenvalue weighted by Gasteiger charge is -2.15. The zero-order valence-electron chi connectivity index (χ0n) is 11.9. The molecule has 2 aromatic rings. The van der Waals surface area contributed by atoms with Crippen molar-refractivity contribution in [1.29, 1.82) is 0 Å². The number of nitrogens with one attached hydrogen (secondary N) is 2. The Balaban J connectivity index is 1.87. The van der Waals surface area contributed by atoms with Crippen LogP contribution in [0.2, 0.25) is 10.0 Å². The van der Waals surface area contributed by atoms with Gasteiger partial charge in [0.1, 0.15) is 5.82 Å². The number of hydrogen-bond donors (Lipinski definition) is 2. The Labute approximate surface area is 138 Å². The number of carbonyl (C=O) groups is 1. The summed E-state index contributed by atoms with van der Waals surface area (Å²) in [7, 11) is 0. The standard InChI is InChI=1S/C16H15Cl2FN2O/c1-10(11-2-4-12(19)5-3-11)21-16(22)9-20-13-6-7-14(17)15(18)8-13/h2-8,10,20H,9H2,1H3,(H,21,22). The van der Waals surface area contributed by atoms with Gasteiger partial charge in [-0.1, -0.05) is 35.3 Å². The van der Waals surface area contributed by atoms with Crippen LogP contribution in [-0.2, 0) is 4.79 Å². The van der Waals surface area contributed by atoms with E-state index in [4.69, 9.17) is 23.2 Å². The second kappa shape index (κ2) is 7.47. The molecule has 0 fully saturated rings. The van der Waals surface area contributed by atoms with E-state index in [2.05, 4.69) is 10.6 Å². The highest BCUT2D eigenvalue weighted by Gasteiger charge is 2.09. The second-order valence-corrected chi connectivity index (χ2v) is 5.64. The van der Waals surface area contributed by atoms with E-state index in [0.29, 0.717) is 15.7 Å². The van der Waals surface area contributed by atoms with Gasteiger partial charge in [-0.05, 0) is 42.8 Å². The molecule has 1 atom stereocenters. The third-order valence-corrected chi connectivity index (χ3v) is 3.86. The molecule has 1 unspecified atom stereocenters. The molecule has 2 aromatic carbocycles. The lowest BCUT2D eigenvalue weighted by molar-refractivity contribution is -0.120. The number of amides is 1. The number of rotatable bonds is 5. The zero-order chi connectivity index (χ0) is 16.1. The summed E-state index contributed by atoms with van der Waals surface area (Å²) < 4.78 is 12.9. The van der Waals surface area contributed by atoms with E-state index in [1.54, 1.807) is 30.3 Å². The van der Waals surface area contributed by atoms with Crippen molar-refractivity contribution in [1.82, 2.24) is 5.32 Å². The molecule has 3 nitrogen and oxygen atoms in total. The fraction of sp³-hybridized carbons (Fsp3) is 0.188. The summed E-state index contributed by atoms with van der Waals surface area (Å²) in [5.41, 5.74) is 1.54. The van der Waals surface area contributed by atoms with E-state index in [0.717, 1.165) is 5.56 Å². The molecule has 116 valence electrons. The zero-order valence-corrected chi connectivity index (χ0v) is 13.4. The van der Waals surface area contributed by atoms with Gasteiger partial charge in [0.05, 0.1) is 22.6 Å². The van der Waals surface area contributed by atoms with Crippen molar-refractivity contribution in [2.45, 2.75) is 13.0 Å². The van der Waals surface area contributed by atoms with E-state index in [1.807, 2.05) is 6.92 Å². The Bertz CT molecular complexity index is 662. The summed E-state index contributed by atoms with van der Waals surface area (Å²) in [6, 6.07) is 10.9. The lowest BCUT2D eigenvalue weighted by Crippen LogP contribution is -2.32. The third-order valence-electron chi connectivity index (χ3n) is 3.12. The van der Waals surface area contributed by atoms with Crippen molar-refractivity contribution < 1.29 is 9.18 Å². The smallest absolute Gasteiger partial charge is 0.239 e. The summed E-state index contributed by atoms with van der Waals surface area (Å²) in [5, 5.41) is 6.67. The van der Waals surface area contributed by atoms with Crippen molar-refractivity contribution in [3.05, 3.63) is 63.9 Å². The monoisotopic (exact) mass is 340 g/mol. The molecule has 22 heavy (non-hydrogen) atoms. The molecule has 0 radical (unpaired) electrons. The van der Waals surface area contributed by atoms with Gasteiger partial charge >= 0.3 is 0 Å². The molecule has 0 saturated heterocycles. The van der Waals surface area contributed by atoms with Crippen LogP contribution in [0.4, 0.5) is 10.1 Å². The van der Waals surface area contributed by atoms with Gasteiger partial charge in [-0.25, -0.2) is 4.39 Å². The fourth-order valence-corrected chi connectivity index (χ4v) is 2.21. The maximum Gasteiger partial charge on any atom is 0.239 e. The Morgan fingerprint density at radius 1 is 1.14 bits per heavy atom. The van der Waals surface area contributed by atoms with Gasteiger partial charge in [0.2, 0.25) is 5.91 Å². The third kappa shape index (κ3) is 4.61. The number of carbonyl (C=O) groups excluding carboxylic acids is 1. The molecule has 0 aromatic heterocycles. The van der Waals surface area contributed by atoms with Crippen LogP contribution in [0.3, 0.4) is 0 Å². The molecule has 0 spiro atoms. The molecule has 0 saturated carbocycles. The van der Waals surface area contributed by atoms with Gasteiger partial charge in [-0.15, -0.1) is 0 Å². The van der Waals surface area contributed by atoms with Crippen LogP contribution in [0.5, 0.6) is 0 Å². The van der Waals surface area contributed by atoms with Crippen molar-refractivity contribution >= 4 is 34.8 Å². The lowest BCUT2D eigenvalue weighted by atomic mass is 10.1. The number of hydrogen-bond acceptors (Lipinski definition) is 2. The normalized spacial score (nSPS) is 11.8. The first kappa shape index (κ1) is 16.6. The summed E-state index contributed by atoms with van der Waals surface area (Å²) >= 11 is 11.7. The minimum atomic E-state index is -0.302. The van der Waals surface area contributed by atoms with Crippen LogP contribution < -0.4 is 10.6 Å². The minimum absolute atomic E-state index is 0.101. The van der Waals surface area contributed by atoms with Gasteiger partial charge in [0, 0.05) is 5.69 Å². The molecule has 0 heterocycles. The van der Waals surface area contributed by atoms with Crippen LogP contribution in [-0.4, -0.2) is 12.5 Å². The Morgan fingerprint density at radius 2 is 1.82 bits per heavy atom. The predicted molar refractivity (Wildman–Crippen MR) is 87.9 cm³/mol. The molecule has 2 rings (SSSR count). The topological polar surface area (TPSA) is 41.1 Å². The number of halogens is 3. The Hall–Kier alpha value is -1.78. The highest BCUT2D eigenvalue weighted by molar-refractivity contribution is 6.42. The molecule has 0 aliphatic carbocycles. The molecule has 6 heteroatoms. The number of anilines is 1. The average molecular weight is 341 g/mol. The highest BCUT2D eigenvalue weighted by Crippen LogP contribution is 2.24. The van der Waals surface area contributed by atoms with E-state index in [-0.39, 0.29) is 24.3 Å². The van der Waals surface area contributed by atoms with Crippen molar-refractivity contribution in [3.63, 3.8) is 0 Å². The summed E-state index contributed by atoms with van der Waals surface area (Å²) in [6.07, 6.45) is 0. The summed E-state index contributed by atoms with van der Waals surface area (Å²) in [4.78, 5) is 11.9. The van der Waals surface area contributed by atoms with Crippen molar-refractivity contribution in [2.24, 2.45) is 0 Å². The molecule has 1 amide bonds. The van der Waals surface area contributed by atoms with Crippen LogP contribution in [0.1, 0.15) is 18.5 Å². The van der Waals surface area contributed by atoms with Crippen LogP contribution in [0.15, 0.2) is 42.5 Å². The van der Waals surface area contributed by atoms with E-state index in [9.17, 15) is 9.18 Å². The number of benzene rings is 2. The molecule has 0 aliphatic rings. The summed E-state index contributed by atoms with van der Waals surface area (Å²) in [6.45, 7) is 1.94. The van der Waals surface area contributed by atoms with E-state index >= 15 is 0 Å². The minimum Gasteiger partial charge on any atom is -0.376 e. The first-order valence-corrected chi connectivity index (χ1v) is 7.45. The molecule has 0 bridgehead atoms. The highest BCUT2D eigenvalue weighted by atomic mass is 35.5. The Morgan fingerprint density at radius 3 is 2.45 bits per heavy atom. The van der Waals surface area contributed by atoms with Crippen LogP contribution in [0.25, 0.3) is 0 Å². The maximum atomic E-state index is 12.9. The van der Waals surface area contributed by atoms with Crippen molar-refractivity contribution in [3.8, 4) is 0 Å². The predicted octanol–water partition coefficient (Wildman–Crippen LogP) is 4.42. The maximum absolute atomic E-state index is 12.9. The van der Waals surface area contributed by atoms with Gasteiger partial charge in [0.15, 0.2) is 0 Å². The van der Waals surface area contributed by atoms with Gasteiger partial charge in [0.25, 0.3) is 0 Å². The van der Waals surface area contributed by atoms with Gasteiger partial charge in [-0.3, -0.25) is 4.79 Å². The first-order valence-electron chi connectivity index (χ1n) is 6.69. The van der Waals surface area contributed by atoms with Gasteiger partial charge < -0.3 is 10.6 Å². The van der Waals surface area contributed by atoms with Crippen LogP contribution in [0, 0.1) is 5.82 Å². The largest absolute Gasteiger partial charge is 0.376 e. The Kier molecular flexibility index (Phi) is 5.63. The SMILES string of the molecule is CC(NC(=O)CNc1ccc(Cl)c(Cl)c1)c1ccc(F)cc1. The van der Waals surface area contributed by atoms with Gasteiger partial charge in [-0.2, -0.15) is 0 Å². The molecular weight excluding hydrogens is 326 g/mol. The first-order chi connectivity index (χ1) is 10.5. The van der Waals surface area contributed by atoms with E-state index in [1.165, 1.54) is 12.1 Å². The molecule has 0 aliphatic heterocycles. The molecular formula is C16H15Cl2FN2O. The summed E-state index contributed by atoms with van der Waals surface area (Å²) in [5.74, 6) is -0.480. The fourth-order valence-electron chi connectivity index (χ4n) is 1.92. The quantitative estimate of drug-likeness (QED) is 0.845. The van der Waals surface area contributed by atoms with Crippen molar-refractivity contribution in [2.75, 3.05) is 11.9 Å². The van der Waals surface area contributed by atoms with E-state index < -0.39 is 0 Å².